The number of benzene rings is 9. The third-order valence-corrected chi connectivity index (χ3v) is 12.2. The lowest BCUT2D eigenvalue weighted by molar-refractivity contribution is -0.137. The predicted octanol–water partition coefficient (Wildman–Crippen LogP) is 14.5. The number of hydrogen-bond acceptors (Lipinski definition) is 1. The fraction of sp³-hybridized carbons (Fsp3) is 0.0769. The number of para-hydroxylation sites is 1. The van der Waals surface area contributed by atoms with Gasteiger partial charge in [-0.25, -0.2) is 0 Å². The van der Waals surface area contributed by atoms with Gasteiger partial charge in [0.1, 0.15) is 0 Å². The molecule has 4 heteroatoms. The molecule has 1 atom stereocenters. The lowest BCUT2D eigenvalue weighted by atomic mass is 9.70. The third-order valence-electron chi connectivity index (χ3n) is 12.2. The molecule has 2 aliphatic carbocycles. The molecule has 1 nitrogen and oxygen atoms in total. The van der Waals surface area contributed by atoms with Crippen LogP contribution in [0.2, 0.25) is 0 Å². The summed E-state index contributed by atoms with van der Waals surface area (Å²) in [5.41, 5.74) is 12.1. The second-order valence-electron chi connectivity index (χ2n) is 15.0. The number of rotatable bonds is 4. The quantitative estimate of drug-likeness (QED) is 0.163. The van der Waals surface area contributed by atoms with Crippen LogP contribution in [0.4, 0.5) is 30.2 Å². The van der Waals surface area contributed by atoms with E-state index in [4.69, 9.17) is 0 Å². The third kappa shape index (κ3) is 4.50. The normalized spacial score (nSPS) is 15.3. The SMILES string of the molecule is CCc1ccc2c(c1)C1(c3ccccc3-c3cc4c5ccccc5c5ccccc5c4cc31)c1cc(N(c3ccccc3)c3ccc(C(F)(F)F)cc3)ccc1-2. The standard InChI is InChI=1S/C52H34F3N/c1-2-32-20-26-42-43-27-25-36(56(34-12-4-3-5-13-34)35-23-21-33(22-24-35)52(53,54)55)29-49(43)51(48(42)28-32)47-19-11-10-18-41(47)46-30-44-39-16-8-6-14-37(39)38-15-7-9-17-40(38)45(44)31-50(46)51/h3-31H,2H2,1H3. The largest absolute Gasteiger partial charge is 0.416 e. The molecule has 56 heavy (non-hydrogen) atoms. The van der Waals surface area contributed by atoms with E-state index in [2.05, 4.69) is 133 Å². The number of nitrogens with zero attached hydrogens (tertiary/aromatic N) is 1. The zero-order valence-electron chi connectivity index (χ0n) is 30.5. The monoisotopic (exact) mass is 729 g/mol. The van der Waals surface area contributed by atoms with Gasteiger partial charge in [-0.15, -0.1) is 0 Å². The maximum atomic E-state index is 13.8. The summed E-state index contributed by atoms with van der Waals surface area (Å²) in [6.45, 7) is 2.21. The van der Waals surface area contributed by atoms with Crippen molar-refractivity contribution >= 4 is 49.4 Å². The first kappa shape index (κ1) is 32.8. The fourth-order valence-electron chi connectivity index (χ4n) is 9.80. The molecule has 0 aliphatic heterocycles. The number of halogens is 3. The van der Waals surface area contributed by atoms with E-state index in [1.807, 2.05) is 30.3 Å². The number of fused-ring (bicyclic) bond motifs is 16. The average molecular weight is 730 g/mol. The van der Waals surface area contributed by atoms with Gasteiger partial charge in [-0.1, -0.05) is 122 Å². The van der Waals surface area contributed by atoms with Crippen molar-refractivity contribution in [3.05, 3.63) is 209 Å². The molecule has 0 aromatic heterocycles. The number of anilines is 3. The van der Waals surface area contributed by atoms with Crippen LogP contribution in [0.15, 0.2) is 176 Å². The smallest absolute Gasteiger partial charge is 0.310 e. The summed E-state index contributed by atoms with van der Waals surface area (Å²) in [6, 6.07) is 60.2. The second kappa shape index (κ2) is 11.9. The molecule has 0 saturated heterocycles. The number of hydrogen-bond donors (Lipinski definition) is 0. The minimum Gasteiger partial charge on any atom is -0.310 e. The Hall–Kier alpha value is -6.65. The first-order chi connectivity index (χ1) is 27.4. The van der Waals surface area contributed by atoms with Gasteiger partial charge in [0.15, 0.2) is 0 Å². The van der Waals surface area contributed by atoms with Gasteiger partial charge in [-0.2, -0.15) is 13.2 Å². The highest BCUT2D eigenvalue weighted by atomic mass is 19.4. The van der Waals surface area contributed by atoms with Crippen LogP contribution >= 0.6 is 0 Å². The van der Waals surface area contributed by atoms with Gasteiger partial charge in [0, 0.05) is 17.1 Å². The van der Waals surface area contributed by atoms with E-state index >= 15 is 0 Å². The summed E-state index contributed by atoms with van der Waals surface area (Å²) in [4.78, 5) is 2.07. The molecule has 0 fully saturated rings. The Morgan fingerprint density at radius 2 is 0.911 bits per heavy atom. The highest BCUT2D eigenvalue weighted by Gasteiger charge is 2.52. The maximum Gasteiger partial charge on any atom is 0.416 e. The van der Waals surface area contributed by atoms with E-state index in [0.717, 1.165) is 23.4 Å². The molecule has 0 bridgehead atoms. The summed E-state index contributed by atoms with van der Waals surface area (Å²) < 4.78 is 41.3. The molecule has 0 N–H and O–H groups in total. The first-order valence-corrected chi connectivity index (χ1v) is 19.1. The molecule has 0 radical (unpaired) electrons. The second-order valence-corrected chi connectivity index (χ2v) is 15.0. The molecule has 2 aliphatic rings. The molecular weight excluding hydrogens is 696 g/mol. The van der Waals surface area contributed by atoms with Crippen molar-refractivity contribution in [1.29, 1.82) is 0 Å². The summed E-state index contributed by atoms with van der Waals surface area (Å²) >= 11 is 0. The van der Waals surface area contributed by atoms with Crippen molar-refractivity contribution in [2.75, 3.05) is 4.90 Å². The Morgan fingerprint density at radius 3 is 1.57 bits per heavy atom. The Kier molecular flexibility index (Phi) is 6.97. The van der Waals surface area contributed by atoms with Crippen molar-refractivity contribution < 1.29 is 13.2 Å². The van der Waals surface area contributed by atoms with Crippen molar-refractivity contribution in [3.63, 3.8) is 0 Å². The van der Waals surface area contributed by atoms with Crippen LogP contribution in [-0.4, -0.2) is 0 Å². The summed E-state index contributed by atoms with van der Waals surface area (Å²) in [6.07, 6.45) is -3.52. The summed E-state index contributed by atoms with van der Waals surface area (Å²) in [5.74, 6) is 0. The minimum atomic E-state index is -4.43. The fourth-order valence-corrected chi connectivity index (χ4v) is 9.80. The Bertz CT molecular complexity index is 3050. The molecule has 11 rings (SSSR count). The van der Waals surface area contributed by atoms with Crippen LogP contribution in [0.25, 0.3) is 54.6 Å². The predicted molar refractivity (Wildman–Crippen MR) is 224 cm³/mol. The van der Waals surface area contributed by atoms with Crippen molar-refractivity contribution in [1.82, 2.24) is 0 Å². The van der Waals surface area contributed by atoms with Gasteiger partial charge in [0.25, 0.3) is 0 Å². The topological polar surface area (TPSA) is 3.24 Å². The van der Waals surface area contributed by atoms with Crippen molar-refractivity contribution in [3.8, 4) is 22.3 Å². The van der Waals surface area contributed by atoms with E-state index in [1.165, 1.54) is 89.0 Å². The molecule has 1 spiro atoms. The van der Waals surface area contributed by atoms with E-state index in [0.29, 0.717) is 5.69 Å². The molecule has 9 aromatic rings. The van der Waals surface area contributed by atoms with Crippen molar-refractivity contribution in [2.45, 2.75) is 24.9 Å². The van der Waals surface area contributed by atoms with Gasteiger partial charge >= 0.3 is 6.18 Å². The lowest BCUT2D eigenvalue weighted by Gasteiger charge is -2.32. The summed E-state index contributed by atoms with van der Waals surface area (Å²) in [5, 5.41) is 7.39. The highest BCUT2D eigenvalue weighted by molar-refractivity contribution is 6.26. The molecule has 0 heterocycles. The molecular formula is C52H34F3N. The van der Waals surface area contributed by atoms with E-state index in [9.17, 15) is 13.2 Å². The zero-order chi connectivity index (χ0) is 37.8. The molecule has 0 saturated carbocycles. The molecule has 0 amide bonds. The van der Waals surface area contributed by atoms with Gasteiger partial charge in [0.05, 0.1) is 11.0 Å². The van der Waals surface area contributed by atoms with E-state index in [-0.39, 0.29) is 0 Å². The number of aryl methyl sites for hydroxylation is 1. The minimum absolute atomic E-state index is 0.638. The summed E-state index contributed by atoms with van der Waals surface area (Å²) in [7, 11) is 0. The van der Waals surface area contributed by atoms with Crippen LogP contribution in [0.1, 0.15) is 40.3 Å². The van der Waals surface area contributed by atoms with Gasteiger partial charge in [0.2, 0.25) is 0 Å². The van der Waals surface area contributed by atoms with E-state index < -0.39 is 17.2 Å². The van der Waals surface area contributed by atoms with Crippen LogP contribution < -0.4 is 4.90 Å². The lowest BCUT2D eigenvalue weighted by Crippen LogP contribution is -2.26. The van der Waals surface area contributed by atoms with E-state index in [1.54, 1.807) is 12.1 Å². The zero-order valence-corrected chi connectivity index (χ0v) is 30.5. The Labute approximate surface area is 322 Å². The highest BCUT2D eigenvalue weighted by Crippen LogP contribution is 2.64. The van der Waals surface area contributed by atoms with Gasteiger partial charge in [-0.05, 0) is 149 Å². The molecule has 1 unspecified atom stereocenters. The molecule has 9 aromatic carbocycles. The van der Waals surface area contributed by atoms with Gasteiger partial charge < -0.3 is 4.90 Å². The van der Waals surface area contributed by atoms with Crippen molar-refractivity contribution in [2.24, 2.45) is 0 Å². The Balaban J connectivity index is 1.24. The molecule has 268 valence electrons. The van der Waals surface area contributed by atoms with Gasteiger partial charge in [-0.3, -0.25) is 0 Å². The Morgan fingerprint density at radius 1 is 0.411 bits per heavy atom. The van der Waals surface area contributed by atoms with Crippen LogP contribution in [0.5, 0.6) is 0 Å². The maximum absolute atomic E-state index is 13.8. The first-order valence-electron chi connectivity index (χ1n) is 19.1. The van der Waals surface area contributed by atoms with Crippen LogP contribution in [0, 0.1) is 0 Å². The number of alkyl halides is 3. The van der Waals surface area contributed by atoms with Crippen LogP contribution in [0.3, 0.4) is 0 Å². The average Bonchev–Trinajstić information content (AvgIpc) is 3.69. The van der Waals surface area contributed by atoms with Crippen LogP contribution in [-0.2, 0) is 18.0 Å².